The summed E-state index contributed by atoms with van der Waals surface area (Å²) in [7, 11) is 1.32. The lowest BCUT2D eigenvalue weighted by Crippen LogP contribution is -2.27. The monoisotopic (exact) mass is 321 g/mol. The smallest absolute Gasteiger partial charge is 0.496 e. The van der Waals surface area contributed by atoms with Gasteiger partial charge in [0.05, 0.1) is 19.3 Å². The van der Waals surface area contributed by atoms with Gasteiger partial charge in [0.2, 0.25) is 0 Å². The van der Waals surface area contributed by atoms with E-state index in [1.165, 1.54) is 13.2 Å². The molecule has 0 amide bonds. The molecule has 4 nitrogen and oxygen atoms in total. The van der Waals surface area contributed by atoms with Gasteiger partial charge in [-0.25, -0.2) is 0 Å². The van der Waals surface area contributed by atoms with Gasteiger partial charge in [0.25, 0.3) is 0 Å². The van der Waals surface area contributed by atoms with Gasteiger partial charge in [0.1, 0.15) is 11.5 Å². The molecule has 0 radical (unpaired) electrons. The number of alkyl halides is 3. The second kappa shape index (κ2) is 7.69. The van der Waals surface area contributed by atoms with Crippen molar-refractivity contribution in [1.29, 1.82) is 0 Å². The predicted molar refractivity (Wildman–Crippen MR) is 76.7 cm³/mol. The molecule has 0 unspecified atom stereocenters. The Balaban J connectivity index is 2.89. The first-order valence-corrected chi connectivity index (χ1v) is 7.01. The van der Waals surface area contributed by atoms with E-state index < -0.39 is 24.3 Å². The van der Waals surface area contributed by atoms with E-state index >= 15 is 0 Å². The average Bonchev–Trinajstić information content (AvgIpc) is 2.42. The maximum atomic E-state index is 12.2. The van der Waals surface area contributed by atoms with Crippen molar-refractivity contribution in [3.63, 3.8) is 0 Å². The predicted octanol–water partition coefficient (Wildman–Crippen LogP) is 3.39. The largest absolute Gasteiger partial charge is 0.573 e. The molecule has 0 heterocycles. The van der Waals surface area contributed by atoms with Gasteiger partial charge in [-0.3, -0.25) is 0 Å². The minimum atomic E-state index is -4.77. The molecular formula is C15H22F3NO3. The maximum Gasteiger partial charge on any atom is 0.573 e. The molecule has 0 aromatic heterocycles. The molecule has 0 spiro atoms. The minimum Gasteiger partial charge on any atom is -0.496 e. The zero-order chi connectivity index (χ0) is 16.9. The average molecular weight is 321 g/mol. The summed E-state index contributed by atoms with van der Waals surface area (Å²) in [6.07, 6.45) is -4.27. The van der Waals surface area contributed by atoms with Crippen molar-refractivity contribution in [2.45, 2.75) is 45.2 Å². The Morgan fingerprint density at radius 3 is 2.36 bits per heavy atom. The molecule has 22 heavy (non-hydrogen) atoms. The first kappa shape index (κ1) is 18.6. The van der Waals surface area contributed by atoms with Crippen LogP contribution >= 0.6 is 0 Å². The van der Waals surface area contributed by atoms with Crippen LogP contribution in [0.5, 0.6) is 11.5 Å². The van der Waals surface area contributed by atoms with E-state index in [0.717, 1.165) is 18.6 Å². The highest BCUT2D eigenvalue weighted by Crippen LogP contribution is 2.33. The van der Waals surface area contributed by atoms with E-state index in [4.69, 9.17) is 10.5 Å². The Bertz CT molecular complexity index is 478. The third-order valence-corrected chi connectivity index (χ3v) is 3.25. The first-order valence-electron chi connectivity index (χ1n) is 7.01. The quantitative estimate of drug-likeness (QED) is 0.808. The number of rotatable bonds is 7. The van der Waals surface area contributed by atoms with Gasteiger partial charge in [0.15, 0.2) is 0 Å². The summed E-state index contributed by atoms with van der Waals surface area (Å²) >= 11 is 0. The van der Waals surface area contributed by atoms with Crippen LogP contribution in [0.4, 0.5) is 13.2 Å². The first-order chi connectivity index (χ1) is 10.1. The number of halogens is 3. The highest BCUT2D eigenvalue weighted by molar-refractivity contribution is 5.42. The normalized spacial score (nSPS) is 14.8. The summed E-state index contributed by atoms with van der Waals surface area (Å²) in [6, 6.07) is 2.90. The van der Waals surface area contributed by atoms with Crippen LogP contribution in [0.2, 0.25) is 0 Å². The van der Waals surface area contributed by atoms with Crippen LogP contribution in [0, 0.1) is 5.92 Å². The Kier molecular flexibility index (Phi) is 6.49. The molecule has 3 N–H and O–H groups in total. The number of aliphatic hydroxyl groups excluding tert-OH is 1. The molecule has 0 saturated carbocycles. The van der Waals surface area contributed by atoms with Gasteiger partial charge in [-0.15, -0.1) is 13.2 Å². The topological polar surface area (TPSA) is 64.7 Å². The van der Waals surface area contributed by atoms with Crippen molar-refractivity contribution in [3.8, 4) is 11.5 Å². The van der Waals surface area contributed by atoms with Crippen LogP contribution in [-0.2, 0) is 0 Å². The lowest BCUT2D eigenvalue weighted by Gasteiger charge is -2.22. The number of nitrogens with two attached hydrogens (primary N) is 1. The number of hydrogen-bond donors (Lipinski definition) is 2. The van der Waals surface area contributed by atoms with Crippen molar-refractivity contribution in [2.75, 3.05) is 7.11 Å². The molecule has 2 atom stereocenters. The number of hydrogen-bond acceptors (Lipinski definition) is 4. The van der Waals surface area contributed by atoms with Crippen molar-refractivity contribution in [3.05, 3.63) is 23.8 Å². The fourth-order valence-corrected chi connectivity index (χ4v) is 2.05. The van der Waals surface area contributed by atoms with Gasteiger partial charge in [-0.2, -0.15) is 0 Å². The highest BCUT2D eigenvalue weighted by atomic mass is 19.4. The number of benzene rings is 1. The molecule has 0 aliphatic heterocycles. The minimum absolute atomic E-state index is 0.151. The molecule has 0 aliphatic carbocycles. The van der Waals surface area contributed by atoms with Gasteiger partial charge >= 0.3 is 6.36 Å². The summed E-state index contributed by atoms with van der Waals surface area (Å²) < 4.78 is 45.5. The summed E-state index contributed by atoms with van der Waals surface area (Å²) in [4.78, 5) is 0. The van der Waals surface area contributed by atoms with Crippen molar-refractivity contribution >= 4 is 0 Å². The molecule has 0 fully saturated rings. The summed E-state index contributed by atoms with van der Waals surface area (Å²) in [6.45, 7) is 4.06. The summed E-state index contributed by atoms with van der Waals surface area (Å²) in [5.74, 6) is 0.182. The van der Waals surface area contributed by atoms with Gasteiger partial charge < -0.3 is 20.3 Å². The maximum absolute atomic E-state index is 12.2. The Hall–Kier alpha value is -1.47. The van der Waals surface area contributed by atoms with Crippen molar-refractivity contribution < 1.29 is 27.8 Å². The Labute approximate surface area is 128 Å². The molecule has 0 saturated heterocycles. The van der Waals surface area contributed by atoms with Gasteiger partial charge in [-0.1, -0.05) is 13.8 Å². The van der Waals surface area contributed by atoms with Crippen LogP contribution in [-0.4, -0.2) is 24.7 Å². The van der Waals surface area contributed by atoms with Crippen LogP contribution < -0.4 is 15.2 Å². The molecular weight excluding hydrogens is 299 g/mol. The highest BCUT2D eigenvalue weighted by Gasteiger charge is 2.31. The zero-order valence-electron chi connectivity index (χ0n) is 12.9. The van der Waals surface area contributed by atoms with Gasteiger partial charge in [-0.05, 0) is 30.9 Å². The van der Waals surface area contributed by atoms with Crippen LogP contribution in [0.15, 0.2) is 18.2 Å². The lowest BCUT2D eigenvalue weighted by atomic mass is 9.95. The fraction of sp³-hybridized carbons (Fsp3) is 0.600. The molecule has 126 valence electrons. The number of methoxy groups -OCH3 is 1. The molecule has 7 heteroatoms. The van der Waals surface area contributed by atoms with E-state index in [1.54, 1.807) is 0 Å². The standard InChI is InChI=1S/C15H22F3NO3/c1-9(2)4-7-12(20)14(19)11-6-5-10(8-13(11)21-3)22-15(16,17)18/h5-6,8-9,12,14,20H,4,7,19H2,1-3H3/t12-,14+/m0/s1. The number of ether oxygens (including phenoxy) is 2. The van der Waals surface area contributed by atoms with E-state index in [0.29, 0.717) is 17.9 Å². The Morgan fingerprint density at radius 1 is 1.23 bits per heavy atom. The third-order valence-electron chi connectivity index (χ3n) is 3.25. The fourth-order valence-electron chi connectivity index (χ4n) is 2.05. The van der Waals surface area contributed by atoms with E-state index in [1.807, 2.05) is 13.8 Å². The van der Waals surface area contributed by atoms with E-state index in [2.05, 4.69) is 4.74 Å². The second-order valence-electron chi connectivity index (χ2n) is 5.52. The third kappa shape index (κ3) is 5.73. The van der Waals surface area contributed by atoms with E-state index in [9.17, 15) is 18.3 Å². The molecule has 1 aromatic carbocycles. The number of aliphatic hydroxyl groups is 1. The second-order valence-corrected chi connectivity index (χ2v) is 5.52. The molecule has 0 bridgehead atoms. The lowest BCUT2D eigenvalue weighted by molar-refractivity contribution is -0.274. The van der Waals surface area contributed by atoms with Crippen LogP contribution in [0.1, 0.15) is 38.3 Å². The molecule has 1 rings (SSSR count). The SMILES string of the molecule is COc1cc(OC(F)(F)F)ccc1[C@@H](N)[C@@H](O)CCC(C)C. The van der Waals surface area contributed by atoms with Gasteiger partial charge in [0, 0.05) is 11.6 Å². The van der Waals surface area contributed by atoms with Crippen LogP contribution in [0.3, 0.4) is 0 Å². The summed E-state index contributed by atoms with van der Waals surface area (Å²) in [5, 5.41) is 10.1. The molecule has 1 aromatic rings. The van der Waals surface area contributed by atoms with Crippen molar-refractivity contribution in [2.24, 2.45) is 11.7 Å². The molecule has 0 aliphatic rings. The van der Waals surface area contributed by atoms with Crippen molar-refractivity contribution in [1.82, 2.24) is 0 Å². The Morgan fingerprint density at radius 2 is 1.86 bits per heavy atom. The van der Waals surface area contributed by atoms with E-state index in [-0.39, 0.29) is 5.75 Å². The zero-order valence-corrected chi connectivity index (χ0v) is 12.9. The summed E-state index contributed by atoms with van der Waals surface area (Å²) in [5.41, 5.74) is 6.42. The van der Waals surface area contributed by atoms with Crippen LogP contribution in [0.25, 0.3) is 0 Å².